The van der Waals surface area contributed by atoms with Crippen LogP contribution in [-0.2, 0) is 16.0 Å². The molecule has 0 aliphatic carbocycles. The van der Waals surface area contributed by atoms with Gasteiger partial charge in [-0.05, 0) is 42.5 Å². The molecule has 1 aliphatic heterocycles. The molecule has 2 unspecified atom stereocenters. The molecule has 1 aliphatic rings. The van der Waals surface area contributed by atoms with E-state index in [4.69, 9.17) is 9.47 Å². The van der Waals surface area contributed by atoms with Crippen LogP contribution in [0.15, 0.2) is 54.6 Å². The highest BCUT2D eigenvalue weighted by Crippen LogP contribution is 2.39. The fraction of sp³-hybridized carbons (Fsp3) is 0.316. The lowest BCUT2D eigenvalue weighted by Gasteiger charge is -2.08. The maximum Gasteiger partial charge on any atom is 0.151 e. The maximum atomic E-state index is 10.8. The largest absolute Gasteiger partial charge is 0.494 e. The number of epoxide rings is 1. The van der Waals surface area contributed by atoms with Crippen LogP contribution in [0.25, 0.3) is 0 Å². The van der Waals surface area contributed by atoms with Crippen LogP contribution >= 0.6 is 0 Å². The zero-order valence-electron chi connectivity index (χ0n) is 12.5. The molecule has 3 rings (SSSR count). The molecule has 0 N–H and O–H groups in total. The smallest absolute Gasteiger partial charge is 0.151 e. The van der Waals surface area contributed by atoms with Crippen molar-refractivity contribution in [2.45, 2.75) is 31.5 Å². The molecule has 0 saturated carbocycles. The molecule has 2 atom stereocenters. The summed E-state index contributed by atoms with van der Waals surface area (Å²) in [5.74, 6) is 0.920. The first-order valence-electron chi connectivity index (χ1n) is 7.75. The van der Waals surface area contributed by atoms with Gasteiger partial charge in [0.15, 0.2) is 6.29 Å². The quantitative estimate of drug-likeness (QED) is 0.423. The van der Waals surface area contributed by atoms with E-state index in [0.717, 1.165) is 43.5 Å². The summed E-state index contributed by atoms with van der Waals surface area (Å²) in [6.45, 7) is 0.725. The normalized spacial score (nSPS) is 19.6. The van der Waals surface area contributed by atoms with E-state index in [9.17, 15) is 4.79 Å². The number of unbranched alkanes of at least 4 members (excludes halogenated alkanes) is 1. The number of carbonyl (C=O) groups excluding carboxylic acids is 1. The fourth-order valence-electron chi connectivity index (χ4n) is 2.64. The van der Waals surface area contributed by atoms with Gasteiger partial charge in [0.25, 0.3) is 0 Å². The summed E-state index contributed by atoms with van der Waals surface area (Å²) in [4.78, 5) is 10.8. The number of carbonyl (C=O) groups is 1. The molecule has 22 heavy (non-hydrogen) atoms. The van der Waals surface area contributed by atoms with Crippen LogP contribution in [0.2, 0.25) is 0 Å². The number of aldehydes is 1. The third kappa shape index (κ3) is 3.74. The van der Waals surface area contributed by atoms with Gasteiger partial charge < -0.3 is 14.3 Å². The summed E-state index contributed by atoms with van der Waals surface area (Å²) >= 11 is 0. The molecule has 0 bridgehead atoms. The lowest BCUT2D eigenvalue weighted by molar-refractivity contribution is -0.108. The molecule has 3 nitrogen and oxygen atoms in total. The Balaban J connectivity index is 1.45. The molecule has 0 spiro atoms. The van der Waals surface area contributed by atoms with Crippen molar-refractivity contribution >= 4 is 6.29 Å². The summed E-state index contributed by atoms with van der Waals surface area (Å²) < 4.78 is 11.1. The number of para-hydroxylation sites is 1. The van der Waals surface area contributed by atoms with E-state index < -0.39 is 0 Å². The van der Waals surface area contributed by atoms with Crippen molar-refractivity contribution in [2.24, 2.45) is 0 Å². The van der Waals surface area contributed by atoms with E-state index in [-0.39, 0.29) is 12.2 Å². The van der Waals surface area contributed by atoms with E-state index in [0.29, 0.717) is 0 Å². The monoisotopic (exact) mass is 296 g/mol. The summed E-state index contributed by atoms with van der Waals surface area (Å²) in [7, 11) is 0. The van der Waals surface area contributed by atoms with Crippen LogP contribution in [-0.4, -0.2) is 19.0 Å². The van der Waals surface area contributed by atoms with E-state index in [2.05, 4.69) is 12.1 Å². The van der Waals surface area contributed by atoms with Crippen LogP contribution in [0, 0.1) is 0 Å². The topological polar surface area (TPSA) is 38.8 Å². The van der Waals surface area contributed by atoms with Gasteiger partial charge in [0.05, 0.1) is 6.61 Å². The standard InChI is InChI=1S/C19H20O3/c20-14-18-19(22-18)17-12-5-4-8-15(17)9-6-7-13-21-16-10-2-1-3-11-16/h1-5,8,10-12,14,18-19H,6-7,9,13H2. The minimum absolute atomic E-state index is 0.0331. The number of hydrogen-bond acceptors (Lipinski definition) is 3. The highest BCUT2D eigenvalue weighted by atomic mass is 16.6. The van der Waals surface area contributed by atoms with Crippen LogP contribution < -0.4 is 4.74 Å². The van der Waals surface area contributed by atoms with E-state index in [1.54, 1.807) is 0 Å². The molecular weight excluding hydrogens is 276 g/mol. The van der Waals surface area contributed by atoms with Crippen molar-refractivity contribution in [1.29, 1.82) is 0 Å². The predicted octanol–water partition coefficient (Wildman–Crippen LogP) is 3.73. The van der Waals surface area contributed by atoms with Crippen molar-refractivity contribution in [3.63, 3.8) is 0 Å². The summed E-state index contributed by atoms with van der Waals surface area (Å²) in [5, 5.41) is 0. The van der Waals surface area contributed by atoms with Crippen molar-refractivity contribution in [1.82, 2.24) is 0 Å². The Hall–Kier alpha value is -2.13. The second-order valence-electron chi connectivity index (χ2n) is 5.47. The van der Waals surface area contributed by atoms with Crippen LogP contribution in [0.1, 0.15) is 30.1 Å². The minimum atomic E-state index is -0.248. The highest BCUT2D eigenvalue weighted by molar-refractivity contribution is 5.62. The van der Waals surface area contributed by atoms with Crippen molar-refractivity contribution < 1.29 is 14.3 Å². The summed E-state index contributed by atoms with van der Waals surface area (Å²) in [6, 6.07) is 18.1. The Morgan fingerprint density at radius 2 is 1.77 bits per heavy atom. The molecule has 114 valence electrons. The average Bonchev–Trinajstić information content (AvgIpc) is 3.35. The van der Waals surface area contributed by atoms with Crippen molar-refractivity contribution in [3.8, 4) is 5.75 Å². The second-order valence-corrected chi connectivity index (χ2v) is 5.47. The van der Waals surface area contributed by atoms with Crippen molar-refractivity contribution in [2.75, 3.05) is 6.61 Å². The first-order chi connectivity index (χ1) is 10.9. The minimum Gasteiger partial charge on any atom is -0.494 e. The van der Waals surface area contributed by atoms with Gasteiger partial charge in [-0.3, -0.25) is 0 Å². The lowest BCUT2D eigenvalue weighted by atomic mass is 9.98. The molecule has 2 aromatic carbocycles. The second kappa shape index (κ2) is 7.23. The summed E-state index contributed by atoms with van der Waals surface area (Å²) in [6.07, 6.45) is 3.65. The molecule has 0 amide bonds. The van der Waals surface area contributed by atoms with Gasteiger partial charge in [-0.1, -0.05) is 42.5 Å². The van der Waals surface area contributed by atoms with Gasteiger partial charge in [0.2, 0.25) is 0 Å². The predicted molar refractivity (Wildman–Crippen MR) is 85.0 cm³/mol. The highest BCUT2D eigenvalue weighted by Gasteiger charge is 2.40. The van der Waals surface area contributed by atoms with Gasteiger partial charge in [-0.2, -0.15) is 0 Å². The van der Waals surface area contributed by atoms with Gasteiger partial charge in [-0.25, -0.2) is 0 Å². The molecule has 1 heterocycles. The van der Waals surface area contributed by atoms with Crippen LogP contribution in [0.5, 0.6) is 5.75 Å². The van der Waals surface area contributed by atoms with Crippen LogP contribution in [0.4, 0.5) is 0 Å². The molecule has 3 heteroatoms. The number of benzene rings is 2. The molecule has 1 saturated heterocycles. The van der Waals surface area contributed by atoms with Gasteiger partial charge in [-0.15, -0.1) is 0 Å². The Morgan fingerprint density at radius 3 is 2.55 bits per heavy atom. The lowest BCUT2D eigenvalue weighted by Crippen LogP contribution is -2.00. The van der Waals surface area contributed by atoms with Crippen molar-refractivity contribution in [3.05, 3.63) is 65.7 Å². The average molecular weight is 296 g/mol. The number of ether oxygens (including phenoxy) is 2. The molecule has 0 aromatic heterocycles. The first kappa shape index (κ1) is 14.8. The Labute approximate surface area is 130 Å². The number of aryl methyl sites for hydroxylation is 1. The molecule has 1 fully saturated rings. The Kier molecular flexibility index (Phi) is 4.86. The molecular formula is C19H20O3. The Bertz CT molecular complexity index is 609. The molecule has 0 radical (unpaired) electrons. The number of rotatable bonds is 8. The Morgan fingerprint density at radius 1 is 1.00 bits per heavy atom. The fourth-order valence-corrected chi connectivity index (χ4v) is 2.64. The summed E-state index contributed by atoms with van der Waals surface area (Å²) in [5.41, 5.74) is 2.43. The van der Waals surface area contributed by atoms with E-state index in [1.807, 2.05) is 42.5 Å². The third-order valence-electron chi connectivity index (χ3n) is 3.87. The van der Waals surface area contributed by atoms with Gasteiger partial charge >= 0.3 is 0 Å². The third-order valence-corrected chi connectivity index (χ3v) is 3.87. The zero-order valence-corrected chi connectivity index (χ0v) is 12.5. The molecule has 2 aromatic rings. The zero-order chi connectivity index (χ0) is 15.2. The van der Waals surface area contributed by atoms with Crippen LogP contribution in [0.3, 0.4) is 0 Å². The number of hydrogen-bond donors (Lipinski definition) is 0. The van der Waals surface area contributed by atoms with E-state index >= 15 is 0 Å². The van der Waals surface area contributed by atoms with E-state index in [1.165, 1.54) is 5.56 Å². The first-order valence-corrected chi connectivity index (χ1v) is 7.75. The van der Waals surface area contributed by atoms with Gasteiger partial charge in [0.1, 0.15) is 18.0 Å². The SMILES string of the molecule is O=CC1OC1c1ccccc1CCCCOc1ccccc1. The maximum absolute atomic E-state index is 10.8. The van der Waals surface area contributed by atoms with Gasteiger partial charge in [0, 0.05) is 0 Å².